The first-order chi connectivity index (χ1) is 17.3. The highest BCUT2D eigenvalue weighted by Gasteiger charge is 2.13. The standard InChI is InChI=1S/C24H16Cl2N4O4S2/c25-19-9-4-14(11-20(19)26)21-12-36-24(28-21)29-22(31)13-35-18-7-5-16(6-8-18)27-23(32)15-2-1-3-17(10-15)30(33)34/h1-12H,13H2,(H,27,32)(H,28,29,31). The molecule has 4 aromatic rings. The summed E-state index contributed by atoms with van der Waals surface area (Å²) in [6.45, 7) is 0. The Labute approximate surface area is 223 Å². The van der Waals surface area contributed by atoms with E-state index >= 15 is 0 Å². The maximum Gasteiger partial charge on any atom is 0.270 e. The molecule has 0 aliphatic heterocycles. The first kappa shape index (κ1) is 25.6. The SMILES string of the molecule is O=C(CSc1ccc(NC(=O)c2cccc([N+](=O)[O-])c2)cc1)Nc1nc(-c2ccc(Cl)c(Cl)c2)cs1. The molecular formula is C24H16Cl2N4O4S2. The summed E-state index contributed by atoms with van der Waals surface area (Å²) in [6, 6.07) is 17.6. The van der Waals surface area contributed by atoms with Gasteiger partial charge < -0.3 is 10.6 Å². The van der Waals surface area contributed by atoms with Crippen LogP contribution in [0.1, 0.15) is 10.4 Å². The summed E-state index contributed by atoms with van der Waals surface area (Å²) in [7, 11) is 0. The van der Waals surface area contributed by atoms with Crippen LogP contribution in [0.15, 0.2) is 77.0 Å². The predicted molar refractivity (Wildman–Crippen MR) is 144 cm³/mol. The molecule has 0 spiro atoms. The molecule has 0 fully saturated rings. The molecular weight excluding hydrogens is 543 g/mol. The zero-order valence-electron chi connectivity index (χ0n) is 18.2. The van der Waals surface area contributed by atoms with Gasteiger partial charge in [0.25, 0.3) is 11.6 Å². The van der Waals surface area contributed by atoms with Crippen LogP contribution < -0.4 is 10.6 Å². The van der Waals surface area contributed by atoms with Crippen molar-refractivity contribution < 1.29 is 14.5 Å². The normalized spacial score (nSPS) is 10.6. The Morgan fingerprint density at radius 2 is 1.78 bits per heavy atom. The Bertz CT molecular complexity index is 1440. The van der Waals surface area contributed by atoms with Crippen LogP contribution in [0, 0.1) is 10.1 Å². The van der Waals surface area contributed by atoms with Crippen molar-refractivity contribution >= 4 is 74.6 Å². The molecule has 0 atom stereocenters. The minimum absolute atomic E-state index is 0.156. The van der Waals surface area contributed by atoms with Gasteiger partial charge in [-0.25, -0.2) is 4.98 Å². The van der Waals surface area contributed by atoms with Crippen molar-refractivity contribution in [2.45, 2.75) is 4.90 Å². The number of non-ortho nitro benzene ring substituents is 1. The number of nitro groups is 1. The topological polar surface area (TPSA) is 114 Å². The van der Waals surface area contributed by atoms with E-state index in [9.17, 15) is 19.7 Å². The zero-order chi connectivity index (χ0) is 25.7. The van der Waals surface area contributed by atoms with Crippen molar-refractivity contribution in [2.24, 2.45) is 0 Å². The molecule has 2 N–H and O–H groups in total. The Hall–Kier alpha value is -3.44. The molecule has 3 aromatic carbocycles. The van der Waals surface area contributed by atoms with Crippen LogP contribution in [-0.4, -0.2) is 27.5 Å². The molecule has 4 rings (SSSR count). The van der Waals surface area contributed by atoms with Crippen LogP contribution in [0.25, 0.3) is 11.3 Å². The number of anilines is 2. The van der Waals surface area contributed by atoms with Crippen molar-refractivity contribution in [3.8, 4) is 11.3 Å². The number of hydrogen-bond acceptors (Lipinski definition) is 7. The Morgan fingerprint density at radius 1 is 1.00 bits per heavy atom. The molecule has 0 bridgehead atoms. The van der Waals surface area contributed by atoms with Gasteiger partial charge in [0.15, 0.2) is 5.13 Å². The minimum Gasteiger partial charge on any atom is -0.322 e. The third-order valence-electron chi connectivity index (χ3n) is 4.77. The Balaban J connectivity index is 1.29. The van der Waals surface area contributed by atoms with Gasteiger partial charge in [0.1, 0.15) is 0 Å². The van der Waals surface area contributed by atoms with E-state index in [1.807, 2.05) is 5.38 Å². The zero-order valence-corrected chi connectivity index (χ0v) is 21.4. The number of amides is 2. The number of nitrogens with zero attached hydrogens (tertiary/aromatic N) is 2. The second-order valence-corrected chi connectivity index (χ2v) is 10.0. The van der Waals surface area contributed by atoms with Crippen molar-refractivity contribution in [2.75, 3.05) is 16.4 Å². The quantitative estimate of drug-likeness (QED) is 0.136. The van der Waals surface area contributed by atoms with Gasteiger partial charge in [-0.3, -0.25) is 19.7 Å². The molecule has 0 saturated heterocycles. The molecule has 0 aliphatic rings. The van der Waals surface area contributed by atoms with Crippen LogP contribution in [-0.2, 0) is 4.79 Å². The van der Waals surface area contributed by atoms with E-state index in [-0.39, 0.29) is 22.9 Å². The summed E-state index contributed by atoms with van der Waals surface area (Å²) >= 11 is 14.6. The summed E-state index contributed by atoms with van der Waals surface area (Å²) in [5.74, 6) is -0.499. The highest BCUT2D eigenvalue weighted by molar-refractivity contribution is 8.00. The average Bonchev–Trinajstić information content (AvgIpc) is 3.33. The van der Waals surface area contributed by atoms with Crippen LogP contribution in [0.2, 0.25) is 10.0 Å². The Morgan fingerprint density at radius 3 is 2.50 bits per heavy atom. The molecule has 0 radical (unpaired) electrons. The first-order valence-corrected chi connectivity index (χ1v) is 12.9. The van der Waals surface area contributed by atoms with E-state index in [0.717, 1.165) is 10.5 Å². The van der Waals surface area contributed by atoms with Gasteiger partial charge in [-0.05, 0) is 42.5 Å². The van der Waals surface area contributed by atoms with E-state index in [1.54, 1.807) is 42.5 Å². The van der Waals surface area contributed by atoms with Crippen molar-refractivity contribution in [1.82, 2.24) is 4.98 Å². The van der Waals surface area contributed by atoms with Gasteiger partial charge in [0, 0.05) is 39.2 Å². The van der Waals surface area contributed by atoms with Gasteiger partial charge in [-0.2, -0.15) is 0 Å². The largest absolute Gasteiger partial charge is 0.322 e. The number of carbonyl (C=O) groups excluding carboxylic acids is 2. The van der Waals surface area contributed by atoms with Gasteiger partial charge in [0.2, 0.25) is 5.91 Å². The van der Waals surface area contributed by atoms with E-state index in [0.29, 0.717) is 26.6 Å². The van der Waals surface area contributed by atoms with E-state index < -0.39 is 10.8 Å². The number of halogens is 2. The third kappa shape index (κ3) is 6.61. The number of thioether (sulfide) groups is 1. The van der Waals surface area contributed by atoms with Gasteiger partial charge in [0.05, 0.1) is 26.4 Å². The number of thiazole rings is 1. The summed E-state index contributed by atoms with van der Waals surface area (Å²) in [6.07, 6.45) is 0. The molecule has 2 amide bonds. The maximum atomic E-state index is 12.4. The number of benzene rings is 3. The Kier molecular flexibility index (Phi) is 8.21. The van der Waals surface area contributed by atoms with Gasteiger partial charge in [-0.1, -0.05) is 35.3 Å². The average molecular weight is 559 g/mol. The number of nitro benzene ring substituents is 1. The third-order valence-corrected chi connectivity index (χ3v) is 7.28. The second kappa shape index (κ2) is 11.5. The predicted octanol–water partition coefficient (Wildman–Crippen LogP) is 7.01. The number of nitrogens with one attached hydrogen (secondary N) is 2. The summed E-state index contributed by atoms with van der Waals surface area (Å²) in [5, 5.41) is 19.6. The minimum atomic E-state index is -0.554. The summed E-state index contributed by atoms with van der Waals surface area (Å²) < 4.78 is 0. The van der Waals surface area contributed by atoms with Crippen LogP contribution >= 0.6 is 46.3 Å². The molecule has 12 heteroatoms. The highest BCUT2D eigenvalue weighted by atomic mass is 35.5. The number of rotatable bonds is 8. The van der Waals surface area contributed by atoms with Crippen molar-refractivity contribution in [3.63, 3.8) is 0 Å². The number of aromatic nitrogens is 1. The lowest BCUT2D eigenvalue weighted by molar-refractivity contribution is -0.384. The fourth-order valence-corrected chi connectivity index (χ4v) is 4.75. The van der Waals surface area contributed by atoms with E-state index in [2.05, 4.69) is 15.6 Å². The molecule has 182 valence electrons. The molecule has 0 unspecified atom stereocenters. The lowest BCUT2D eigenvalue weighted by Crippen LogP contribution is -2.13. The van der Waals surface area contributed by atoms with Gasteiger partial charge >= 0.3 is 0 Å². The molecule has 1 aromatic heterocycles. The van der Waals surface area contributed by atoms with E-state index in [4.69, 9.17) is 23.2 Å². The summed E-state index contributed by atoms with van der Waals surface area (Å²) in [4.78, 5) is 40.3. The van der Waals surface area contributed by atoms with Crippen molar-refractivity contribution in [1.29, 1.82) is 0 Å². The monoisotopic (exact) mass is 558 g/mol. The maximum absolute atomic E-state index is 12.4. The van der Waals surface area contributed by atoms with Crippen LogP contribution in [0.5, 0.6) is 0 Å². The molecule has 36 heavy (non-hydrogen) atoms. The lowest BCUT2D eigenvalue weighted by Gasteiger charge is -2.07. The first-order valence-electron chi connectivity index (χ1n) is 10.3. The van der Waals surface area contributed by atoms with Gasteiger partial charge in [-0.15, -0.1) is 23.1 Å². The van der Waals surface area contributed by atoms with Crippen molar-refractivity contribution in [3.05, 3.63) is 97.8 Å². The second-order valence-electron chi connectivity index (χ2n) is 7.29. The number of carbonyl (C=O) groups is 2. The summed E-state index contributed by atoms with van der Waals surface area (Å²) in [5.41, 5.74) is 2.04. The highest BCUT2D eigenvalue weighted by Crippen LogP contribution is 2.30. The number of hydrogen-bond donors (Lipinski definition) is 2. The van der Waals surface area contributed by atoms with E-state index in [1.165, 1.54) is 47.4 Å². The molecule has 0 aliphatic carbocycles. The molecule has 1 heterocycles. The smallest absolute Gasteiger partial charge is 0.270 e. The molecule has 8 nitrogen and oxygen atoms in total. The molecule has 0 saturated carbocycles. The lowest BCUT2D eigenvalue weighted by atomic mass is 10.2. The fraction of sp³-hybridized carbons (Fsp3) is 0.0417. The fourth-order valence-electron chi connectivity index (χ4n) is 3.02. The van der Waals surface area contributed by atoms with Crippen LogP contribution in [0.4, 0.5) is 16.5 Å². The van der Waals surface area contributed by atoms with Crippen LogP contribution in [0.3, 0.4) is 0 Å².